The van der Waals surface area contributed by atoms with Crippen molar-refractivity contribution in [2.45, 2.75) is 39.2 Å². The first-order valence-corrected chi connectivity index (χ1v) is 9.02. The minimum absolute atomic E-state index is 0.0856. The lowest BCUT2D eigenvalue weighted by molar-refractivity contribution is -0.155. The van der Waals surface area contributed by atoms with E-state index in [-0.39, 0.29) is 5.92 Å². The van der Waals surface area contributed by atoms with Gasteiger partial charge in [0.25, 0.3) is 5.91 Å². The van der Waals surface area contributed by atoms with E-state index in [0.29, 0.717) is 11.3 Å². The number of amides is 1. The van der Waals surface area contributed by atoms with Gasteiger partial charge in [0.05, 0.1) is 17.6 Å². The Balaban J connectivity index is 2.07. The monoisotopic (exact) mass is 364 g/mol. The van der Waals surface area contributed by atoms with Crippen LogP contribution < -0.4 is 5.32 Å². The van der Waals surface area contributed by atoms with Crippen molar-refractivity contribution in [3.63, 3.8) is 0 Å². The molecule has 0 fully saturated rings. The van der Waals surface area contributed by atoms with Crippen molar-refractivity contribution < 1.29 is 14.3 Å². The summed E-state index contributed by atoms with van der Waals surface area (Å²) in [5.41, 5.74) is 1.81. The molecule has 2 rings (SSSR count). The van der Waals surface area contributed by atoms with Crippen LogP contribution in [0.2, 0.25) is 0 Å². The number of nitriles is 1. The number of hydrogen-bond acceptors (Lipinski definition) is 4. The van der Waals surface area contributed by atoms with Crippen LogP contribution in [0.3, 0.4) is 0 Å². The van der Waals surface area contributed by atoms with Crippen molar-refractivity contribution in [1.82, 2.24) is 0 Å². The molecule has 0 radical (unpaired) electrons. The molecule has 0 aliphatic carbocycles. The highest BCUT2D eigenvalue weighted by Gasteiger charge is 2.30. The SMILES string of the molecule is CC[C@H](C)[C@H](C(=O)O[C@@H](C)C(=O)Nc1cccc(C#N)c1)c1ccccc1. The fourth-order valence-corrected chi connectivity index (χ4v) is 2.80. The van der Waals surface area contributed by atoms with Crippen molar-refractivity contribution in [3.8, 4) is 6.07 Å². The summed E-state index contributed by atoms with van der Waals surface area (Å²) in [7, 11) is 0. The molecular weight excluding hydrogens is 340 g/mol. The van der Waals surface area contributed by atoms with Gasteiger partial charge in [-0.2, -0.15) is 5.26 Å². The quantitative estimate of drug-likeness (QED) is 0.745. The van der Waals surface area contributed by atoms with E-state index in [0.717, 1.165) is 12.0 Å². The first-order chi connectivity index (χ1) is 13.0. The minimum atomic E-state index is -0.946. The van der Waals surface area contributed by atoms with Gasteiger partial charge in [0.2, 0.25) is 0 Å². The van der Waals surface area contributed by atoms with Crippen LogP contribution >= 0.6 is 0 Å². The highest BCUT2D eigenvalue weighted by molar-refractivity contribution is 5.95. The average molecular weight is 364 g/mol. The van der Waals surface area contributed by atoms with E-state index in [9.17, 15) is 9.59 Å². The van der Waals surface area contributed by atoms with Crippen LogP contribution in [0.1, 0.15) is 44.2 Å². The molecule has 1 N–H and O–H groups in total. The Morgan fingerprint density at radius 2 is 1.81 bits per heavy atom. The summed E-state index contributed by atoms with van der Waals surface area (Å²) in [5, 5.41) is 11.6. The molecule has 0 saturated heterocycles. The van der Waals surface area contributed by atoms with Crippen molar-refractivity contribution in [2.75, 3.05) is 5.32 Å². The molecule has 27 heavy (non-hydrogen) atoms. The summed E-state index contributed by atoms with van der Waals surface area (Å²) >= 11 is 0. The lowest BCUT2D eigenvalue weighted by Crippen LogP contribution is -2.33. The normalized spacial score (nSPS) is 13.7. The highest BCUT2D eigenvalue weighted by atomic mass is 16.5. The zero-order valence-electron chi connectivity index (χ0n) is 15.8. The lowest BCUT2D eigenvalue weighted by Gasteiger charge is -2.23. The molecule has 0 heterocycles. The van der Waals surface area contributed by atoms with Crippen LogP contribution in [0.15, 0.2) is 54.6 Å². The molecule has 3 atom stereocenters. The summed E-state index contributed by atoms with van der Waals surface area (Å²) < 4.78 is 5.46. The number of rotatable bonds is 7. The third-order valence-corrected chi connectivity index (χ3v) is 4.55. The van der Waals surface area contributed by atoms with E-state index < -0.39 is 23.9 Å². The summed E-state index contributed by atoms with van der Waals surface area (Å²) in [5.74, 6) is -1.19. The Kier molecular flexibility index (Phi) is 7.13. The summed E-state index contributed by atoms with van der Waals surface area (Å²) in [6, 6.07) is 18.1. The van der Waals surface area contributed by atoms with Crippen molar-refractivity contribution in [2.24, 2.45) is 5.92 Å². The molecule has 0 unspecified atom stereocenters. The molecule has 0 bridgehead atoms. The fourth-order valence-electron chi connectivity index (χ4n) is 2.80. The number of carbonyl (C=O) groups excluding carboxylic acids is 2. The van der Waals surface area contributed by atoms with E-state index in [1.165, 1.54) is 0 Å². The number of hydrogen-bond donors (Lipinski definition) is 1. The zero-order chi connectivity index (χ0) is 19.8. The number of nitrogens with one attached hydrogen (secondary N) is 1. The van der Waals surface area contributed by atoms with Gasteiger partial charge in [-0.25, -0.2) is 0 Å². The summed E-state index contributed by atoms with van der Waals surface area (Å²) in [6.07, 6.45) is -0.130. The maximum atomic E-state index is 12.8. The number of ether oxygens (including phenoxy) is 1. The van der Waals surface area contributed by atoms with Gasteiger partial charge < -0.3 is 10.1 Å². The molecule has 5 nitrogen and oxygen atoms in total. The maximum Gasteiger partial charge on any atom is 0.314 e. The molecule has 2 aromatic rings. The Morgan fingerprint density at radius 3 is 2.44 bits per heavy atom. The van der Waals surface area contributed by atoms with Crippen LogP contribution in [0.25, 0.3) is 0 Å². The van der Waals surface area contributed by atoms with Crippen molar-refractivity contribution in [3.05, 3.63) is 65.7 Å². The van der Waals surface area contributed by atoms with Crippen molar-refractivity contribution in [1.29, 1.82) is 5.26 Å². The first kappa shape index (κ1) is 20.2. The van der Waals surface area contributed by atoms with Gasteiger partial charge in [0, 0.05) is 5.69 Å². The molecule has 2 aromatic carbocycles. The van der Waals surface area contributed by atoms with E-state index >= 15 is 0 Å². The van der Waals surface area contributed by atoms with Gasteiger partial charge in [0.1, 0.15) is 0 Å². The number of benzene rings is 2. The largest absolute Gasteiger partial charge is 0.452 e. The van der Waals surface area contributed by atoms with Gasteiger partial charge in [-0.05, 0) is 36.6 Å². The standard InChI is InChI=1S/C22H24N2O3/c1-4-15(2)20(18-10-6-5-7-11-18)22(26)27-16(3)21(25)24-19-12-8-9-17(13-19)14-23/h5-13,15-16,20H,4H2,1-3H3,(H,24,25)/t15-,16-,20-/m0/s1. The predicted molar refractivity (Wildman–Crippen MR) is 104 cm³/mol. The van der Waals surface area contributed by atoms with Crippen LogP contribution in [0.5, 0.6) is 0 Å². The Hall–Kier alpha value is -3.13. The van der Waals surface area contributed by atoms with Gasteiger partial charge in [0.15, 0.2) is 6.10 Å². The smallest absolute Gasteiger partial charge is 0.314 e. The minimum Gasteiger partial charge on any atom is -0.452 e. The van der Waals surface area contributed by atoms with Gasteiger partial charge in [-0.15, -0.1) is 0 Å². The number of carbonyl (C=O) groups is 2. The van der Waals surface area contributed by atoms with Crippen LogP contribution in [-0.2, 0) is 14.3 Å². The summed E-state index contributed by atoms with van der Waals surface area (Å²) in [4.78, 5) is 25.1. The Bertz CT molecular complexity index is 827. The third-order valence-electron chi connectivity index (χ3n) is 4.55. The second kappa shape index (κ2) is 9.54. The maximum absolute atomic E-state index is 12.8. The van der Waals surface area contributed by atoms with Crippen molar-refractivity contribution >= 4 is 17.6 Å². The average Bonchev–Trinajstić information content (AvgIpc) is 2.68. The number of nitrogens with zero attached hydrogens (tertiary/aromatic N) is 1. The van der Waals surface area contributed by atoms with Crippen LogP contribution in [-0.4, -0.2) is 18.0 Å². The van der Waals surface area contributed by atoms with E-state index in [1.54, 1.807) is 31.2 Å². The second-order valence-electron chi connectivity index (χ2n) is 6.53. The van der Waals surface area contributed by atoms with E-state index in [2.05, 4.69) is 5.32 Å². The third kappa shape index (κ3) is 5.42. The summed E-state index contributed by atoms with van der Waals surface area (Å²) in [6.45, 7) is 5.56. The predicted octanol–water partition coefficient (Wildman–Crippen LogP) is 4.26. The van der Waals surface area contributed by atoms with E-state index in [1.807, 2.05) is 50.2 Å². The molecular formula is C22H24N2O3. The molecule has 0 aliphatic heterocycles. The lowest BCUT2D eigenvalue weighted by atomic mass is 9.85. The molecule has 5 heteroatoms. The number of anilines is 1. The van der Waals surface area contributed by atoms with E-state index in [4.69, 9.17) is 10.00 Å². The van der Waals surface area contributed by atoms with Gasteiger partial charge >= 0.3 is 5.97 Å². The Morgan fingerprint density at radius 1 is 1.11 bits per heavy atom. The Labute approximate surface area is 160 Å². The molecule has 1 amide bonds. The van der Waals surface area contributed by atoms with Crippen LogP contribution in [0, 0.1) is 17.2 Å². The number of esters is 1. The topological polar surface area (TPSA) is 79.2 Å². The molecule has 0 aliphatic rings. The molecule has 140 valence electrons. The van der Waals surface area contributed by atoms with Gasteiger partial charge in [-0.3, -0.25) is 9.59 Å². The molecule has 0 spiro atoms. The second-order valence-corrected chi connectivity index (χ2v) is 6.53. The first-order valence-electron chi connectivity index (χ1n) is 9.02. The fraction of sp³-hybridized carbons (Fsp3) is 0.318. The highest BCUT2D eigenvalue weighted by Crippen LogP contribution is 2.28. The zero-order valence-corrected chi connectivity index (χ0v) is 15.8. The van der Waals surface area contributed by atoms with Crippen LogP contribution in [0.4, 0.5) is 5.69 Å². The van der Waals surface area contributed by atoms with Gasteiger partial charge in [-0.1, -0.05) is 56.7 Å². The molecule has 0 aromatic heterocycles. The molecule has 0 saturated carbocycles.